The van der Waals surface area contributed by atoms with E-state index >= 15 is 0 Å². The normalized spacial score (nSPS) is 11.8. The van der Waals surface area contributed by atoms with Crippen molar-refractivity contribution in [1.82, 2.24) is 0 Å². The van der Waals surface area contributed by atoms with Gasteiger partial charge < -0.3 is 9.80 Å². The molecule has 242 valence electrons. The second-order valence-electron chi connectivity index (χ2n) is 13.7. The summed E-state index contributed by atoms with van der Waals surface area (Å²) < 4.78 is 0. The van der Waals surface area contributed by atoms with Crippen molar-refractivity contribution in [3.63, 3.8) is 0 Å². The molecule has 11 aromatic rings. The first-order valence-electron chi connectivity index (χ1n) is 17.9. The van der Waals surface area contributed by atoms with Crippen LogP contribution in [0.2, 0.25) is 0 Å². The first-order valence-corrected chi connectivity index (χ1v) is 17.9. The summed E-state index contributed by atoms with van der Waals surface area (Å²) >= 11 is 0. The molecule has 2 heteroatoms. The second-order valence-corrected chi connectivity index (χ2v) is 13.7. The van der Waals surface area contributed by atoms with Gasteiger partial charge in [0.1, 0.15) is 0 Å². The van der Waals surface area contributed by atoms with Crippen molar-refractivity contribution >= 4 is 98.8 Å². The van der Waals surface area contributed by atoms with E-state index in [1.165, 1.54) is 64.6 Å². The Balaban J connectivity index is 1.18. The van der Waals surface area contributed by atoms with E-state index in [0.717, 1.165) is 34.1 Å². The highest BCUT2D eigenvalue weighted by molar-refractivity contribution is 6.47. The van der Waals surface area contributed by atoms with Crippen LogP contribution in [0.5, 0.6) is 0 Å². The molecule has 0 fully saturated rings. The summed E-state index contributed by atoms with van der Waals surface area (Å²) in [6, 6.07) is 70.6. The van der Waals surface area contributed by atoms with E-state index in [-0.39, 0.29) is 0 Å². The van der Waals surface area contributed by atoms with E-state index in [1.54, 1.807) is 0 Å². The molecule has 11 aromatic carbocycles. The average Bonchev–Trinajstić information content (AvgIpc) is 3.73. The molecule has 11 rings (SSSR count). The van der Waals surface area contributed by atoms with Crippen LogP contribution in [0.15, 0.2) is 194 Å². The fraction of sp³-hybridized carbons (Fsp3) is 0. The minimum Gasteiger partial charge on any atom is -0.310 e. The summed E-state index contributed by atoms with van der Waals surface area (Å²) in [4.78, 5) is 4.71. The SMILES string of the molecule is c1ccc(N(c2ccccc2)c2ccc3c(c2)c2cccc4c2c3c2cccc3c5cc(N(c6ccccc6)c6ccccc6)ccc5c4c32)cc1. The standard InChI is InChI=1S/C50H32N2/c1-5-15-33(16-6-1)51(34-17-7-2-8-18-34)37-27-29-41-45(31-37)39-23-13-25-43-47(39)49(41)44-26-14-24-40-46-32-38(28-30-42(46)50(43)48(40)44)52(35-19-9-3-10-20-35)36-21-11-4-12-22-36/h1-32H. The summed E-state index contributed by atoms with van der Waals surface area (Å²) in [5.74, 6) is 0. The van der Waals surface area contributed by atoms with E-state index < -0.39 is 0 Å². The Morgan fingerprint density at radius 3 is 0.808 bits per heavy atom. The lowest BCUT2D eigenvalue weighted by molar-refractivity contribution is 1.29. The second kappa shape index (κ2) is 11.3. The maximum absolute atomic E-state index is 2.40. The van der Waals surface area contributed by atoms with E-state index in [2.05, 4.69) is 204 Å². The molecule has 0 aliphatic rings. The summed E-state index contributed by atoms with van der Waals surface area (Å²) in [5.41, 5.74) is 6.87. The van der Waals surface area contributed by atoms with Crippen molar-refractivity contribution < 1.29 is 0 Å². The Bertz CT molecular complexity index is 2760. The number of fused-ring (bicyclic) bond motifs is 8. The quantitative estimate of drug-likeness (QED) is 0.164. The van der Waals surface area contributed by atoms with Gasteiger partial charge >= 0.3 is 0 Å². The molecule has 0 aliphatic heterocycles. The summed E-state index contributed by atoms with van der Waals surface area (Å²) in [6.45, 7) is 0. The first kappa shape index (κ1) is 28.9. The lowest BCUT2D eigenvalue weighted by Crippen LogP contribution is -2.09. The van der Waals surface area contributed by atoms with Gasteiger partial charge in [0, 0.05) is 34.1 Å². The minimum absolute atomic E-state index is 1.14. The predicted molar refractivity (Wildman–Crippen MR) is 223 cm³/mol. The third-order valence-corrected chi connectivity index (χ3v) is 10.9. The van der Waals surface area contributed by atoms with Crippen LogP contribution in [0, 0.1) is 0 Å². The molecule has 0 N–H and O–H groups in total. The van der Waals surface area contributed by atoms with Crippen LogP contribution in [0.4, 0.5) is 34.1 Å². The lowest BCUT2D eigenvalue weighted by atomic mass is 9.95. The summed E-state index contributed by atoms with van der Waals surface area (Å²) in [6.07, 6.45) is 0. The van der Waals surface area contributed by atoms with Crippen molar-refractivity contribution in [1.29, 1.82) is 0 Å². The van der Waals surface area contributed by atoms with Crippen LogP contribution in [-0.4, -0.2) is 0 Å². The average molecular weight is 661 g/mol. The number of nitrogens with zero attached hydrogens (tertiary/aromatic N) is 2. The topological polar surface area (TPSA) is 6.48 Å². The van der Waals surface area contributed by atoms with Crippen LogP contribution in [0.25, 0.3) is 64.6 Å². The molecule has 0 saturated carbocycles. The third-order valence-electron chi connectivity index (χ3n) is 10.9. The highest BCUT2D eigenvalue weighted by Gasteiger charge is 2.23. The molecule has 0 radical (unpaired) electrons. The van der Waals surface area contributed by atoms with Crippen molar-refractivity contribution in [2.24, 2.45) is 0 Å². The van der Waals surface area contributed by atoms with Gasteiger partial charge in [-0.25, -0.2) is 0 Å². The van der Waals surface area contributed by atoms with Gasteiger partial charge in [0.05, 0.1) is 0 Å². The number of anilines is 6. The molecule has 0 unspecified atom stereocenters. The molecule has 0 amide bonds. The van der Waals surface area contributed by atoms with Crippen LogP contribution < -0.4 is 9.80 Å². The summed E-state index contributed by atoms with van der Waals surface area (Å²) in [7, 11) is 0. The van der Waals surface area contributed by atoms with Crippen LogP contribution in [0.1, 0.15) is 0 Å². The number of benzene rings is 9. The van der Waals surface area contributed by atoms with Gasteiger partial charge in [0.25, 0.3) is 0 Å². The van der Waals surface area contributed by atoms with Crippen LogP contribution in [0.3, 0.4) is 0 Å². The Hall–Kier alpha value is -6.90. The number of hydrogen-bond acceptors (Lipinski definition) is 2. The van der Waals surface area contributed by atoms with Gasteiger partial charge in [0.15, 0.2) is 0 Å². The number of rotatable bonds is 6. The Morgan fingerprint density at radius 2 is 0.481 bits per heavy atom. The van der Waals surface area contributed by atoms with E-state index in [0.29, 0.717) is 0 Å². The minimum atomic E-state index is 1.14. The monoisotopic (exact) mass is 660 g/mol. The fourth-order valence-electron chi connectivity index (χ4n) is 8.76. The lowest BCUT2D eigenvalue weighted by Gasteiger charge is -2.25. The molecule has 0 heterocycles. The van der Waals surface area contributed by atoms with Gasteiger partial charge in [-0.3, -0.25) is 0 Å². The molecule has 52 heavy (non-hydrogen) atoms. The van der Waals surface area contributed by atoms with E-state index in [4.69, 9.17) is 0 Å². The van der Waals surface area contributed by atoms with E-state index in [9.17, 15) is 0 Å². The van der Waals surface area contributed by atoms with Crippen LogP contribution >= 0.6 is 0 Å². The maximum Gasteiger partial charge on any atom is 0.0468 e. The first-order chi connectivity index (χ1) is 25.8. The fourth-order valence-corrected chi connectivity index (χ4v) is 8.76. The Labute approximate surface area is 301 Å². The van der Waals surface area contributed by atoms with E-state index in [1.807, 2.05) is 0 Å². The van der Waals surface area contributed by atoms with Gasteiger partial charge in [-0.05, 0) is 137 Å². The molecule has 0 saturated heterocycles. The molecule has 0 spiro atoms. The number of para-hydroxylation sites is 4. The molecule has 0 atom stereocenters. The zero-order valence-corrected chi connectivity index (χ0v) is 28.4. The number of hydrogen-bond donors (Lipinski definition) is 0. The van der Waals surface area contributed by atoms with Gasteiger partial charge in [-0.15, -0.1) is 0 Å². The molecule has 0 bridgehead atoms. The third kappa shape index (κ3) is 4.19. The van der Waals surface area contributed by atoms with Crippen LogP contribution in [-0.2, 0) is 0 Å². The van der Waals surface area contributed by atoms with Crippen molar-refractivity contribution in [3.8, 4) is 0 Å². The molecular weight excluding hydrogens is 629 g/mol. The highest BCUT2D eigenvalue weighted by Crippen LogP contribution is 2.51. The Kier molecular flexibility index (Phi) is 6.28. The largest absolute Gasteiger partial charge is 0.310 e. The Morgan fingerprint density at radius 1 is 0.192 bits per heavy atom. The van der Waals surface area contributed by atoms with Gasteiger partial charge in [-0.1, -0.05) is 121 Å². The zero-order valence-electron chi connectivity index (χ0n) is 28.4. The predicted octanol–water partition coefficient (Wildman–Crippen LogP) is 14.4. The van der Waals surface area contributed by atoms with Gasteiger partial charge in [-0.2, -0.15) is 0 Å². The summed E-state index contributed by atoms with van der Waals surface area (Å²) in [5, 5.41) is 15.8. The zero-order chi connectivity index (χ0) is 34.2. The highest BCUT2D eigenvalue weighted by atomic mass is 15.1. The smallest absolute Gasteiger partial charge is 0.0468 e. The molecule has 2 nitrogen and oxygen atoms in total. The van der Waals surface area contributed by atoms with Gasteiger partial charge in [0.2, 0.25) is 0 Å². The molecular formula is C50H32N2. The molecule has 0 aromatic heterocycles. The maximum atomic E-state index is 2.40. The van der Waals surface area contributed by atoms with Crippen molar-refractivity contribution in [3.05, 3.63) is 194 Å². The van der Waals surface area contributed by atoms with Crippen molar-refractivity contribution in [2.75, 3.05) is 9.80 Å². The van der Waals surface area contributed by atoms with Crippen molar-refractivity contribution in [2.45, 2.75) is 0 Å². The molecule has 0 aliphatic carbocycles.